The van der Waals surface area contributed by atoms with E-state index in [2.05, 4.69) is 0 Å². The van der Waals surface area contributed by atoms with E-state index in [0.717, 1.165) is 0 Å². The van der Waals surface area contributed by atoms with Crippen molar-refractivity contribution in [1.29, 1.82) is 0 Å². The Hall–Kier alpha value is -2.18. The van der Waals surface area contributed by atoms with Gasteiger partial charge in [0.15, 0.2) is 0 Å². The van der Waals surface area contributed by atoms with Gasteiger partial charge in [0, 0.05) is 17.7 Å². The van der Waals surface area contributed by atoms with E-state index in [1.54, 1.807) is 37.4 Å². The number of aliphatic hydroxyl groups is 1. The minimum absolute atomic E-state index is 0.0413. The third-order valence-corrected chi connectivity index (χ3v) is 3.20. The SMILES string of the molecule is CC(C)N(C)CC(O)(OC(=O)/C=C/C(=O)[O-])c1ccccc1. The lowest BCUT2D eigenvalue weighted by atomic mass is 10.0. The fourth-order valence-electron chi connectivity index (χ4n) is 1.74. The summed E-state index contributed by atoms with van der Waals surface area (Å²) < 4.78 is 5.09. The topological polar surface area (TPSA) is 89.9 Å². The second-order valence-electron chi connectivity index (χ2n) is 5.23. The van der Waals surface area contributed by atoms with Crippen LogP contribution in [0.3, 0.4) is 0 Å². The van der Waals surface area contributed by atoms with Gasteiger partial charge in [-0.25, -0.2) is 4.79 Å². The summed E-state index contributed by atoms with van der Waals surface area (Å²) in [4.78, 5) is 23.8. The largest absolute Gasteiger partial charge is 0.545 e. The smallest absolute Gasteiger partial charge is 0.333 e. The predicted molar refractivity (Wildman–Crippen MR) is 78.3 cm³/mol. The first-order valence-corrected chi connectivity index (χ1v) is 6.85. The van der Waals surface area contributed by atoms with E-state index in [-0.39, 0.29) is 12.6 Å². The van der Waals surface area contributed by atoms with Crippen molar-refractivity contribution in [1.82, 2.24) is 4.90 Å². The third kappa shape index (κ3) is 5.31. The van der Waals surface area contributed by atoms with Crippen LogP contribution in [-0.2, 0) is 20.1 Å². The molecule has 6 heteroatoms. The standard InChI is InChI=1S/C16H21NO5/c1-12(2)17(3)11-16(21,13-7-5-4-6-8-13)22-15(20)10-9-14(18)19/h4-10,12,21H,11H2,1-3H3,(H,18,19)/p-1/b10-9+. The van der Waals surface area contributed by atoms with Gasteiger partial charge in [-0.05, 0) is 27.0 Å². The number of esters is 1. The Labute approximate surface area is 129 Å². The van der Waals surface area contributed by atoms with Crippen LogP contribution < -0.4 is 5.11 Å². The highest BCUT2D eigenvalue weighted by molar-refractivity contribution is 5.90. The monoisotopic (exact) mass is 306 g/mol. The van der Waals surface area contributed by atoms with Gasteiger partial charge in [0.25, 0.3) is 5.79 Å². The fourth-order valence-corrected chi connectivity index (χ4v) is 1.74. The molecule has 1 rings (SSSR count). The summed E-state index contributed by atoms with van der Waals surface area (Å²) in [5.41, 5.74) is 0.401. The van der Waals surface area contributed by atoms with Crippen molar-refractivity contribution in [3.05, 3.63) is 48.0 Å². The minimum Gasteiger partial charge on any atom is -0.545 e. The van der Waals surface area contributed by atoms with Crippen LogP contribution >= 0.6 is 0 Å². The van der Waals surface area contributed by atoms with Crippen molar-refractivity contribution in [2.75, 3.05) is 13.6 Å². The highest BCUT2D eigenvalue weighted by atomic mass is 16.7. The molecule has 0 aromatic heterocycles. The summed E-state index contributed by atoms with van der Waals surface area (Å²) in [7, 11) is 1.78. The summed E-state index contributed by atoms with van der Waals surface area (Å²) >= 11 is 0. The second kappa shape index (κ2) is 7.72. The summed E-state index contributed by atoms with van der Waals surface area (Å²) in [5, 5.41) is 21.1. The molecule has 6 nitrogen and oxygen atoms in total. The Morgan fingerprint density at radius 2 is 1.91 bits per heavy atom. The minimum atomic E-state index is -1.88. The van der Waals surface area contributed by atoms with Crippen LogP contribution in [0.5, 0.6) is 0 Å². The molecule has 0 saturated carbocycles. The van der Waals surface area contributed by atoms with Crippen molar-refractivity contribution in [2.45, 2.75) is 25.7 Å². The number of rotatable bonds is 7. The van der Waals surface area contributed by atoms with Gasteiger partial charge in [-0.1, -0.05) is 30.3 Å². The van der Waals surface area contributed by atoms with Crippen molar-refractivity contribution < 1.29 is 24.5 Å². The highest BCUT2D eigenvalue weighted by Gasteiger charge is 2.35. The maximum atomic E-state index is 11.7. The van der Waals surface area contributed by atoms with Crippen molar-refractivity contribution >= 4 is 11.9 Å². The number of carbonyl (C=O) groups excluding carboxylic acids is 2. The first-order valence-electron chi connectivity index (χ1n) is 6.85. The third-order valence-electron chi connectivity index (χ3n) is 3.20. The van der Waals surface area contributed by atoms with Crippen LogP contribution in [0.15, 0.2) is 42.5 Å². The average Bonchev–Trinajstić information content (AvgIpc) is 2.45. The number of aliphatic carboxylic acids is 1. The molecule has 0 spiro atoms. The first kappa shape index (κ1) is 17.9. The number of ether oxygens (including phenoxy) is 1. The van der Waals surface area contributed by atoms with Gasteiger partial charge in [-0.15, -0.1) is 0 Å². The van der Waals surface area contributed by atoms with Crippen molar-refractivity contribution in [3.8, 4) is 0 Å². The van der Waals surface area contributed by atoms with Crippen LogP contribution in [-0.4, -0.2) is 41.6 Å². The summed E-state index contributed by atoms with van der Waals surface area (Å²) in [6, 6.07) is 8.57. The lowest BCUT2D eigenvalue weighted by Gasteiger charge is -2.33. The van der Waals surface area contributed by atoms with Gasteiger partial charge in [0.1, 0.15) is 0 Å². The molecule has 1 atom stereocenters. The van der Waals surface area contributed by atoms with Crippen LogP contribution in [0.2, 0.25) is 0 Å². The van der Waals surface area contributed by atoms with E-state index in [1.165, 1.54) is 0 Å². The van der Waals surface area contributed by atoms with E-state index < -0.39 is 17.7 Å². The van der Waals surface area contributed by atoms with Gasteiger partial charge in [0.2, 0.25) is 0 Å². The lowest BCUT2D eigenvalue weighted by molar-refractivity contribution is -0.297. The number of benzene rings is 1. The Bertz CT molecular complexity index is 541. The van der Waals surface area contributed by atoms with Crippen LogP contribution in [0.1, 0.15) is 19.4 Å². The Kier molecular flexibility index (Phi) is 6.27. The molecule has 1 N–H and O–H groups in total. The van der Waals surface area contributed by atoms with Gasteiger partial charge in [-0.2, -0.15) is 0 Å². The zero-order chi connectivity index (χ0) is 16.8. The predicted octanol–water partition coefficient (Wildman–Crippen LogP) is 0.0212. The molecule has 0 bridgehead atoms. The lowest BCUT2D eigenvalue weighted by Crippen LogP contribution is -2.44. The van der Waals surface area contributed by atoms with Gasteiger partial charge in [0.05, 0.1) is 12.5 Å². The zero-order valence-corrected chi connectivity index (χ0v) is 12.9. The summed E-state index contributed by atoms with van der Waals surface area (Å²) in [5.74, 6) is -4.36. The molecular formula is C16H20NO5-. The number of hydrogen-bond acceptors (Lipinski definition) is 6. The maximum absolute atomic E-state index is 11.7. The molecule has 22 heavy (non-hydrogen) atoms. The van der Waals surface area contributed by atoms with Crippen LogP contribution in [0.25, 0.3) is 0 Å². The molecule has 0 aliphatic heterocycles. The molecule has 0 aliphatic carbocycles. The van der Waals surface area contributed by atoms with E-state index in [1.807, 2.05) is 18.7 Å². The molecule has 0 aliphatic rings. The van der Waals surface area contributed by atoms with Crippen LogP contribution in [0, 0.1) is 0 Å². The van der Waals surface area contributed by atoms with E-state index in [0.29, 0.717) is 17.7 Å². The quantitative estimate of drug-likeness (QED) is 0.434. The number of hydrogen-bond donors (Lipinski definition) is 1. The van der Waals surface area contributed by atoms with Crippen molar-refractivity contribution in [2.24, 2.45) is 0 Å². The Balaban J connectivity index is 3.01. The highest BCUT2D eigenvalue weighted by Crippen LogP contribution is 2.24. The van der Waals surface area contributed by atoms with Crippen molar-refractivity contribution in [3.63, 3.8) is 0 Å². The van der Waals surface area contributed by atoms with E-state index in [4.69, 9.17) is 4.74 Å². The molecule has 0 radical (unpaired) electrons. The molecule has 0 heterocycles. The molecule has 0 saturated heterocycles. The molecule has 120 valence electrons. The molecule has 0 fully saturated rings. The second-order valence-corrected chi connectivity index (χ2v) is 5.23. The van der Waals surface area contributed by atoms with E-state index in [9.17, 15) is 19.8 Å². The number of carbonyl (C=O) groups is 2. The Morgan fingerprint density at radius 1 is 1.32 bits per heavy atom. The van der Waals surface area contributed by atoms with E-state index >= 15 is 0 Å². The first-order chi connectivity index (χ1) is 10.2. The number of carboxylic acid groups (broad SMARTS) is 1. The zero-order valence-electron chi connectivity index (χ0n) is 12.9. The molecule has 1 unspecified atom stereocenters. The molecule has 1 aromatic rings. The van der Waals surface area contributed by atoms with Crippen LogP contribution in [0.4, 0.5) is 0 Å². The fraction of sp³-hybridized carbons (Fsp3) is 0.375. The summed E-state index contributed by atoms with van der Waals surface area (Å²) in [6.45, 7) is 3.91. The molecular weight excluding hydrogens is 286 g/mol. The van der Waals surface area contributed by atoms with Gasteiger partial charge >= 0.3 is 5.97 Å². The van der Waals surface area contributed by atoms with Gasteiger partial charge < -0.3 is 19.7 Å². The normalized spacial score (nSPS) is 14.3. The number of nitrogens with zero attached hydrogens (tertiary/aromatic N) is 1. The average molecular weight is 306 g/mol. The molecule has 1 aromatic carbocycles. The van der Waals surface area contributed by atoms with Gasteiger partial charge in [-0.3, -0.25) is 4.90 Å². The maximum Gasteiger partial charge on any atom is 0.333 e. The Morgan fingerprint density at radius 3 is 2.41 bits per heavy atom. The number of carboxylic acids is 1. The molecule has 0 amide bonds. The number of likely N-dealkylation sites (N-methyl/N-ethyl adjacent to an activating group) is 1. The summed E-state index contributed by atoms with van der Waals surface area (Å²) in [6.07, 6.45) is 1.26.